The van der Waals surface area contributed by atoms with Gasteiger partial charge < -0.3 is 4.74 Å². The maximum absolute atomic E-state index is 12.9. The number of nitrogens with zero attached hydrogens (tertiary/aromatic N) is 2. The summed E-state index contributed by atoms with van der Waals surface area (Å²) in [7, 11) is 0. The largest absolute Gasteiger partial charge is 0.485 e. The van der Waals surface area contributed by atoms with Gasteiger partial charge in [0.05, 0.1) is 15.9 Å². The highest BCUT2D eigenvalue weighted by molar-refractivity contribution is 8.00. The predicted octanol–water partition coefficient (Wildman–Crippen LogP) is 7.25. The first kappa shape index (κ1) is 23.5. The van der Waals surface area contributed by atoms with Crippen molar-refractivity contribution in [2.24, 2.45) is 5.10 Å². The molecule has 37 heavy (non-hydrogen) atoms. The highest BCUT2D eigenvalue weighted by Crippen LogP contribution is 2.35. The van der Waals surface area contributed by atoms with Gasteiger partial charge in [-0.2, -0.15) is 5.10 Å². The highest BCUT2D eigenvalue weighted by Gasteiger charge is 2.26. The maximum Gasteiger partial charge on any atom is 0.271 e. The first-order chi connectivity index (χ1) is 18.2. The lowest BCUT2D eigenvalue weighted by molar-refractivity contribution is 0.0954. The minimum atomic E-state index is -0.238. The number of fused-ring (bicyclic) bond motifs is 2. The van der Waals surface area contributed by atoms with Gasteiger partial charge in [0.25, 0.3) is 5.91 Å². The van der Waals surface area contributed by atoms with Crippen molar-refractivity contribution in [2.45, 2.75) is 22.6 Å². The zero-order chi connectivity index (χ0) is 25.0. The van der Waals surface area contributed by atoms with Crippen molar-refractivity contribution in [1.29, 1.82) is 0 Å². The Kier molecular flexibility index (Phi) is 6.71. The molecule has 0 bridgehead atoms. The second-order valence-electron chi connectivity index (χ2n) is 8.65. The van der Waals surface area contributed by atoms with E-state index in [1.807, 2.05) is 97.1 Å². The Balaban J connectivity index is 1.13. The summed E-state index contributed by atoms with van der Waals surface area (Å²) in [6.07, 6.45) is 0.419. The summed E-state index contributed by atoms with van der Waals surface area (Å²) >= 11 is 3.41. The van der Waals surface area contributed by atoms with E-state index in [4.69, 9.17) is 4.74 Å². The molecule has 1 atom stereocenters. The number of thioether (sulfide) groups is 1. The van der Waals surface area contributed by atoms with Crippen LogP contribution in [0.25, 0.3) is 10.2 Å². The molecule has 2 heterocycles. The van der Waals surface area contributed by atoms with Crippen molar-refractivity contribution >= 4 is 44.9 Å². The van der Waals surface area contributed by atoms with Gasteiger partial charge in [-0.15, -0.1) is 11.3 Å². The number of hydrogen-bond donors (Lipinski definition) is 1. The molecule has 5 nitrogen and oxygen atoms in total. The zero-order valence-corrected chi connectivity index (χ0v) is 21.5. The fourth-order valence-corrected chi connectivity index (χ4v) is 6.27. The Hall–Kier alpha value is -3.94. The van der Waals surface area contributed by atoms with Gasteiger partial charge in [0.2, 0.25) is 0 Å². The van der Waals surface area contributed by atoms with Gasteiger partial charge in [0.15, 0.2) is 4.34 Å². The number of amides is 1. The number of carbonyl (C=O) groups excluding carboxylic acids is 1. The summed E-state index contributed by atoms with van der Waals surface area (Å²) in [5.74, 6) is 1.32. The minimum absolute atomic E-state index is 0.154. The summed E-state index contributed by atoms with van der Waals surface area (Å²) in [6, 6.07) is 33.7. The van der Waals surface area contributed by atoms with Crippen LogP contribution in [0.4, 0.5) is 0 Å². The van der Waals surface area contributed by atoms with Crippen molar-refractivity contribution in [2.75, 3.05) is 0 Å². The van der Waals surface area contributed by atoms with Crippen LogP contribution >= 0.6 is 23.1 Å². The molecule has 1 amide bonds. The lowest BCUT2D eigenvalue weighted by Gasteiger charge is -2.27. The average molecular weight is 522 g/mol. The van der Waals surface area contributed by atoms with Crippen LogP contribution in [0, 0.1) is 0 Å². The summed E-state index contributed by atoms with van der Waals surface area (Å²) in [6.45, 7) is 0. The van der Waals surface area contributed by atoms with Crippen molar-refractivity contribution in [3.8, 4) is 5.75 Å². The maximum atomic E-state index is 12.9. The van der Waals surface area contributed by atoms with E-state index in [0.717, 1.165) is 43.8 Å². The van der Waals surface area contributed by atoms with Gasteiger partial charge in [-0.25, -0.2) is 10.4 Å². The number of ether oxygens (including phenoxy) is 1. The van der Waals surface area contributed by atoms with E-state index in [1.165, 1.54) is 4.70 Å². The molecule has 1 aliphatic rings. The molecule has 1 aromatic heterocycles. The van der Waals surface area contributed by atoms with Crippen LogP contribution in [-0.2, 0) is 5.75 Å². The molecule has 5 aromatic rings. The Morgan fingerprint density at radius 3 is 2.54 bits per heavy atom. The number of thiazole rings is 1. The third-order valence-corrected chi connectivity index (χ3v) is 8.41. The van der Waals surface area contributed by atoms with Gasteiger partial charge in [0, 0.05) is 23.3 Å². The number of nitrogens with one attached hydrogen (secondary N) is 1. The van der Waals surface area contributed by atoms with Crippen LogP contribution in [0.5, 0.6) is 5.75 Å². The van der Waals surface area contributed by atoms with E-state index in [-0.39, 0.29) is 12.0 Å². The molecule has 0 saturated carbocycles. The van der Waals surface area contributed by atoms with Crippen LogP contribution in [0.2, 0.25) is 0 Å². The van der Waals surface area contributed by atoms with Crippen LogP contribution in [0.1, 0.15) is 39.6 Å². The van der Waals surface area contributed by atoms with Crippen molar-refractivity contribution in [3.05, 3.63) is 125 Å². The lowest BCUT2D eigenvalue weighted by Crippen LogP contribution is -2.25. The van der Waals surface area contributed by atoms with Crippen LogP contribution in [0.15, 0.2) is 113 Å². The van der Waals surface area contributed by atoms with Crippen molar-refractivity contribution < 1.29 is 9.53 Å². The summed E-state index contributed by atoms with van der Waals surface area (Å²) in [5, 5.41) is 4.52. The molecule has 1 aliphatic heterocycles. The van der Waals surface area contributed by atoms with E-state index < -0.39 is 0 Å². The summed E-state index contributed by atoms with van der Waals surface area (Å²) < 4.78 is 8.47. The molecule has 1 N–H and O–H groups in total. The first-order valence-corrected chi connectivity index (χ1v) is 13.8. The van der Waals surface area contributed by atoms with E-state index in [0.29, 0.717) is 12.0 Å². The van der Waals surface area contributed by atoms with E-state index in [1.54, 1.807) is 23.1 Å². The molecule has 182 valence electrons. The number of hydrogen-bond acceptors (Lipinski definition) is 6. The molecular formula is C30H23N3O2S2. The fourth-order valence-electron chi connectivity index (χ4n) is 4.24. The third-order valence-electron chi connectivity index (χ3n) is 6.16. The molecule has 6 rings (SSSR count). The Morgan fingerprint density at radius 1 is 0.946 bits per heavy atom. The average Bonchev–Trinajstić information content (AvgIpc) is 3.38. The number of aromatic nitrogens is 1. The van der Waals surface area contributed by atoms with Gasteiger partial charge in [-0.3, -0.25) is 4.79 Å². The van der Waals surface area contributed by atoms with E-state index >= 15 is 0 Å². The van der Waals surface area contributed by atoms with Crippen LogP contribution in [0.3, 0.4) is 0 Å². The lowest BCUT2D eigenvalue weighted by atomic mass is 9.96. The standard InChI is InChI=1S/C30H23N3O2S2/c34-29(22-16-14-20(15-17-22)19-36-30-31-24-11-5-7-13-28(24)37-30)33-32-25-18-27(21-8-2-1-3-9-21)35-26-12-6-4-10-23(25)26/h1-17,27H,18-19H2,(H,33,34)/b32-25+. The summed E-state index contributed by atoms with van der Waals surface area (Å²) in [4.78, 5) is 17.6. The second kappa shape index (κ2) is 10.6. The number of carbonyl (C=O) groups is 1. The van der Waals surface area contributed by atoms with E-state index in [2.05, 4.69) is 21.6 Å². The topological polar surface area (TPSA) is 63.6 Å². The monoisotopic (exact) mass is 521 g/mol. The highest BCUT2D eigenvalue weighted by atomic mass is 32.2. The molecule has 0 spiro atoms. The van der Waals surface area contributed by atoms with Crippen molar-refractivity contribution in [3.63, 3.8) is 0 Å². The van der Waals surface area contributed by atoms with Gasteiger partial charge in [-0.1, -0.05) is 78.5 Å². The molecule has 1 unspecified atom stereocenters. The molecule has 4 aromatic carbocycles. The van der Waals surface area contributed by atoms with Gasteiger partial charge in [0.1, 0.15) is 11.9 Å². The quantitative estimate of drug-likeness (QED) is 0.189. The zero-order valence-electron chi connectivity index (χ0n) is 19.8. The number of rotatable bonds is 6. The normalized spacial score (nSPS) is 15.8. The first-order valence-electron chi connectivity index (χ1n) is 12.0. The SMILES string of the molecule is O=C(N/N=C1\CC(c2ccccc2)Oc2ccccc21)c1ccc(CSc2nc3ccccc3s2)cc1. The molecule has 0 fully saturated rings. The van der Waals surface area contributed by atoms with E-state index in [9.17, 15) is 4.79 Å². The molecule has 0 aliphatic carbocycles. The van der Waals surface area contributed by atoms with Gasteiger partial charge in [-0.05, 0) is 47.5 Å². The number of benzene rings is 4. The second-order valence-corrected chi connectivity index (χ2v) is 10.9. The Labute approximate surface area is 223 Å². The Morgan fingerprint density at radius 2 is 1.70 bits per heavy atom. The predicted molar refractivity (Wildman–Crippen MR) is 150 cm³/mol. The minimum Gasteiger partial charge on any atom is -0.485 e. The van der Waals surface area contributed by atoms with Gasteiger partial charge >= 0.3 is 0 Å². The molecule has 7 heteroatoms. The Bertz CT molecular complexity index is 1550. The molecule has 0 saturated heterocycles. The molecule has 0 radical (unpaired) electrons. The smallest absolute Gasteiger partial charge is 0.271 e. The molecular weight excluding hydrogens is 498 g/mol. The summed E-state index contributed by atoms with van der Waals surface area (Å²) in [5.41, 5.74) is 8.27. The van der Waals surface area contributed by atoms with Crippen molar-refractivity contribution in [1.82, 2.24) is 10.4 Å². The van der Waals surface area contributed by atoms with Crippen LogP contribution < -0.4 is 10.2 Å². The number of para-hydroxylation sites is 2. The fraction of sp³-hybridized carbons (Fsp3) is 0.100. The third kappa shape index (κ3) is 5.28. The number of hydrazone groups is 1. The van der Waals surface area contributed by atoms with Crippen LogP contribution in [-0.4, -0.2) is 16.6 Å².